The van der Waals surface area contributed by atoms with Crippen LogP contribution in [0.15, 0.2) is 18.6 Å². The van der Waals surface area contributed by atoms with Crippen molar-refractivity contribution in [2.75, 3.05) is 6.54 Å². The average Bonchev–Trinajstić information content (AvgIpc) is 3.10. The lowest BCUT2D eigenvalue weighted by atomic mass is 9.84. The Bertz CT molecular complexity index is 1380. The van der Waals surface area contributed by atoms with Crippen LogP contribution in [0.4, 0.5) is 0 Å². The van der Waals surface area contributed by atoms with Gasteiger partial charge in [-0.15, -0.1) is 0 Å². The normalized spacial score (nSPS) is 16.3. The molecule has 1 aliphatic rings. The van der Waals surface area contributed by atoms with Gasteiger partial charge in [0, 0.05) is 12.4 Å². The number of hydrogen-bond acceptors (Lipinski definition) is 10. The van der Waals surface area contributed by atoms with Crippen molar-refractivity contribution in [3.63, 3.8) is 0 Å². The Morgan fingerprint density at radius 2 is 1.44 bits per heavy atom. The summed E-state index contributed by atoms with van der Waals surface area (Å²) in [5.41, 5.74) is -0.731. The molecule has 15 heteroatoms. The summed E-state index contributed by atoms with van der Waals surface area (Å²) >= 11 is 0. The van der Waals surface area contributed by atoms with Crippen LogP contribution in [0, 0.1) is 17.8 Å². The lowest BCUT2D eigenvalue weighted by molar-refractivity contribution is -0.155. The van der Waals surface area contributed by atoms with Crippen molar-refractivity contribution >= 4 is 41.3 Å². The standard InChI is InChI=1S/C37H59N7O8/c1-9-23(5)30(44-33(48)26(18-22(3)4)42-34(49)28-20-38-16-17-39-28)35(50)43-27(19-24-14-12-11-13-15-24)32(47)41-25(10-2)31(46)36(51)40-21-29(45)52-37(6,7)8/h16-17,20,22-27,30H,9-15,18-19,21H2,1-8H3,(H,40,51)(H,41,47)(H,42,49)(H,43,50)(H,44,48)/t23-,25-,26-,27-,30-/m0/s1. The number of Topliss-reactive ketones (excluding diaryl/α,β-unsaturated/α-hetero) is 1. The summed E-state index contributed by atoms with van der Waals surface area (Å²) in [6.07, 6.45) is 10.1. The second-order valence-electron chi connectivity index (χ2n) is 15.0. The minimum atomic E-state index is -1.21. The molecule has 0 saturated heterocycles. The minimum Gasteiger partial charge on any atom is -0.459 e. The summed E-state index contributed by atoms with van der Waals surface area (Å²) < 4.78 is 5.17. The van der Waals surface area contributed by atoms with Gasteiger partial charge in [0.15, 0.2) is 0 Å². The Balaban J connectivity index is 2.24. The SMILES string of the molecule is CC[C@H](NC(=O)[C@H](CC1CCCCC1)NC(=O)[C@@H](NC(=O)[C@H](CC(C)C)NC(=O)c1cnccn1)[C@@H](C)CC)C(=O)C(=O)NCC(=O)OC(C)(C)C. The van der Waals surface area contributed by atoms with Gasteiger partial charge in [0.2, 0.25) is 23.5 Å². The van der Waals surface area contributed by atoms with Gasteiger partial charge in [0.05, 0.1) is 12.2 Å². The van der Waals surface area contributed by atoms with E-state index in [2.05, 4.69) is 36.6 Å². The minimum absolute atomic E-state index is 0.0194. The number of nitrogens with zero attached hydrogens (tertiary/aromatic N) is 2. The first-order chi connectivity index (χ1) is 24.4. The molecule has 0 spiro atoms. The molecule has 0 aromatic carbocycles. The molecule has 1 aromatic rings. The average molecular weight is 730 g/mol. The third-order valence-electron chi connectivity index (χ3n) is 8.92. The number of carbonyl (C=O) groups is 7. The Morgan fingerprint density at radius 3 is 2.00 bits per heavy atom. The molecule has 1 heterocycles. The summed E-state index contributed by atoms with van der Waals surface area (Å²) in [5, 5.41) is 13.3. The van der Waals surface area contributed by atoms with Crippen LogP contribution in [-0.2, 0) is 33.5 Å². The molecule has 0 unspecified atom stereocenters. The molecule has 5 atom stereocenters. The fourth-order valence-corrected chi connectivity index (χ4v) is 5.96. The van der Waals surface area contributed by atoms with E-state index in [4.69, 9.17) is 4.74 Å². The monoisotopic (exact) mass is 729 g/mol. The van der Waals surface area contributed by atoms with E-state index in [1.165, 1.54) is 18.6 Å². The quantitative estimate of drug-likeness (QED) is 0.104. The van der Waals surface area contributed by atoms with Gasteiger partial charge in [0.1, 0.15) is 36.0 Å². The lowest BCUT2D eigenvalue weighted by Crippen LogP contribution is -2.60. The molecule has 52 heavy (non-hydrogen) atoms. The van der Waals surface area contributed by atoms with Gasteiger partial charge in [0.25, 0.3) is 11.8 Å². The van der Waals surface area contributed by atoms with E-state index in [0.29, 0.717) is 12.8 Å². The highest BCUT2D eigenvalue weighted by molar-refractivity contribution is 6.38. The summed E-state index contributed by atoms with van der Waals surface area (Å²) in [5.74, 6) is -5.26. The van der Waals surface area contributed by atoms with Crippen LogP contribution in [0.3, 0.4) is 0 Å². The van der Waals surface area contributed by atoms with E-state index in [0.717, 1.165) is 32.1 Å². The molecule has 5 amide bonds. The van der Waals surface area contributed by atoms with Crippen molar-refractivity contribution in [3.8, 4) is 0 Å². The van der Waals surface area contributed by atoms with Gasteiger partial charge in [-0.1, -0.05) is 73.1 Å². The van der Waals surface area contributed by atoms with E-state index in [9.17, 15) is 33.6 Å². The Kier molecular flexibility index (Phi) is 17.8. The fourth-order valence-electron chi connectivity index (χ4n) is 5.96. The zero-order chi connectivity index (χ0) is 39.0. The highest BCUT2D eigenvalue weighted by Gasteiger charge is 2.35. The van der Waals surface area contributed by atoms with Crippen LogP contribution in [0.5, 0.6) is 0 Å². The molecule has 1 aliphatic carbocycles. The highest BCUT2D eigenvalue weighted by atomic mass is 16.6. The lowest BCUT2D eigenvalue weighted by Gasteiger charge is -2.31. The first-order valence-electron chi connectivity index (χ1n) is 18.5. The third-order valence-corrected chi connectivity index (χ3v) is 8.92. The first kappa shape index (κ1) is 43.7. The van der Waals surface area contributed by atoms with Gasteiger partial charge >= 0.3 is 5.97 Å². The fraction of sp³-hybridized carbons (Fsp3) is 0.703. The second kappa shape index (κ2) is 21.2. The van der Waals surface area contributed by atoms with E-state index < -0.39 is 77.6 Å². The molecular weight excluding hydrogens is 670 g/mol. The zero-order valence-corrected chi connectivity index (χ0v) is 32.0. The number of nitrogens with one attached hydrogen (secondary N) is 5. The summed E-state index contributed by atoms with van der Waals surface area (Å²) in [6.45, 7) is 13.6. The molecule has 15 nitrogen and oxygen atoms in total. The maximum absolute atomic E-state index is 14.0. The topological polar surface area (TPSA) is 215 Å². The summed E-state index contributed by atoms with van der Waals surface area (Å²) in [6, 6.07) is -4.30. The van der Waals surface area contributed by atoms with Crippen LogP contribution < -0.4 is 26.6 Å². The predicted molar refractivity (Wildman–Crippen MR) is 193 cm³/mol. The van der Waals surface area contributed by atoms with Gasteiger partial charge in [-0.25, -0.2) is 4.98 Å². The van der Waals surface area contributed by atoms with E-state index >= 15 is 0 Å². The largest absolute Gasteiger partial charge is 0.459 e. The molecule has 1 saturated carbocycles. The van der Waals surface area contributed by atoms with E-state index in [-0.39, 0.29) is 36.3 Å². The Labute approximate surface area is 307 Å². The molecule has 0 radical (unpaired) electrons. The Hall–Kier alpha value is -4.43. The summed E-state index contributed by atoms with van der Waals surface area (Å²) in [4.78, 5) is 100. The van der Waals surface area contributed by atoms with Crippen molar-refractivity contribution in [2.45, 2.75) is 143 Å². The van der Waals surface area contributed by atoms with E-state index in [1.807, 2.05) is 20.8 Å². The number of esters is 1. The smallest absolute Gasteiger partial charge is 0.325 e. The predicted octanol–water partition coefficient (Wildman–Crippen LogP) is 2.53. The number of aromatic nitrogens is 2. The maximum atomic E-state index is 14.0. The highest BCUT2D eigenvalue weighted by Crippen LogP contribution is 2.27. The van der Waals surface area contributed by atoms with E-state index in [1.54, 1.807) is 34.6 Å². The number of hydrogen-bond donors (Lipinski definition) is 5. The number of amides is 5. The molecule has 290 valence electrons. The number of ether oxygens (including phenoxy) is 1. The number of rotatable bonds is 19. The Morgan fingerprint density at radius 1 is 0.808 bits per heavy atom. The van der Waals surface area contributed by atoms with Crippen LogP contribution >= 0.6 is 0 Å². The number of ketones is 1. The molecule has 1 fully saturated rings. The van der Waals surface area contributed by atoms with Gasteiger partial charge in [-0.3, -0.25) is 38.5 Å². The maximum Gasteiger partial charge on any atom is 0.325 e. The second-order valence-corrected chi connectivity index (χ2v) is 15.0. The molecule has 0 aliphatic heterocycles. The molecule has 1 aromatic heterocycles. The van der Waals surface area contributed by atoms with Gasteiger partial charge in [-0.2, -0.15) is 0 Å². The van der Waals surface area contributed by atoms with Crippen LogP contribution in [0.1, 0.15) is 124 Å². The molecule has 5 N–H and O–H groups in total. The number of carbonyl (C=O) groups excluding carboxylic acids is 7. The van der Waals surface area contributed by atoms with Crippen molar-refractivity contribution in [1.82, 2.24) is 36.6 Å². The van der Waals surface area contributed by atoms with Gasteiger partial charge < -0.3 is 31.3 Å². The first-order valence-corrected chi connectivity index (χ1v) is 18.5. The molecule has 2 rings (SSSR count). The molecular formula is C37H59N7O8. The van der Waals surface area contributed by atoms with Gasteiger partial charge in [-0.05, 0) is 57.8 Å². The van der Waals surface area contributed by atoms with Crippen LogP contribution in [0.2, 0.25) is 0 Å². The summed E-state index contributed by atoms with van der Waals surface area (Å²) in [7, 11) is 0. The van der Waals surface area contributed by atoms with Crippen molar-refractivity contribution < 1.29 is 38.3 Å². The van der Waals surface area contributed by atoms with Crippen LogP contribution in [0.25, 0.3) is 0 Å². The third kappa shape index (κ3) is 15.0. The van der Waals surface area contributed by atoms with Crippen LogP contribution in [-0.4, -0.2) is 87.6 Å². The zero-order valence-electron chi connectivity index (χ0n) is 32.0. The van der Waals surface area contributed by atoms with Crippen molar-refractivity contribution in [1.29, 1.82) is 0 Å². The molecule has 0 bridgehead atoms. The van der Waals surface area contributed by atoms with Crippen molar-refractivity contribution in [3.05, 3.63) is 24.3 Å². The van der Waals surface area contributed by atoms with Crippen molar-refractivity contribution in [2.24, 2.45) is 17.8 Å².